The van der Waals surface area contributed by atoms with E-state index < -0.39 is 6.04 Å². The Morgan fingerprint density at radius 3 is 2.94 bits per heavy atom. The van der Waals surface area contributed by atoms with Gasteiger partial charge < -0.3 is 20.5 Å². The van der Waals surface area contributed by atoms with Crippen LogP contribution in [0.2, 0.25) is 0 Å². The largest absolute Gasteiger partial charge is 0.394 e. The molecular weight excluding hydrogens is 208 g/mol. The average Bonchev–Trinajstić information content (AvgIpc) is 2.39. The van der Waals surface area contributed by atoms with Gasteiger partial charge in [0.05, 0.1) is 31.6 Å². The summed E-state index contributed by atoms with van der Waals surface area (Å²) in [7, 11) is 0. The quantitative estimate of drug-likeness (QED) is 0.706. The normalized spacial score (nSPS) is 18.5. The number of nitrogens with zero attached hydrogens (tertiary/aromatic N) is 3. The molecule has 1 saturated heterocycles. The average molecular weight is 224 g/mol. The molecule has 1 aliphatic rings. The van der Waals surface area contributed by atoms with Gasteiger partial charge in [-0.3, -0.25) is 0 Å². The van der Waals surface area contributed by atoms with Crippen LogP contribution in [0, 0.1) is 0 Å². The van der Waals surface area contributed by atoms with Crippen molar-refractivity contribution < 1.29 is 9.84 Å². The van der Waals surface area contributed by atoms with Crippen LogP contribution in [0.1, 0.15) is 11.7 Å². The summed E-state index contributed by atoms with van der Waals surface area (Å²) >= 11 is 0. The summed E-state index contributed by atoms with van der Waals surface area (Å²) < 4.78 is 5.26. The number of anilines is 1. The molecule has 1 aromatic rings. The van der Waals surface area contributed by atoms with Crippen LogP contribution in [0.25, 0.3) is 0 Å². The minimum Gasteiger partial charge on any atom is -0.394 e. The fraction of sp³-hybridized carbons (Fsp3) is 0.600. The number of nitrogens with two attached hydrogens (primary N) is 1. The Kier molecular flexibility index (Phi) is 3.66. The molecule has 88 valence electrons. The van der Waals surface area contributed by atoms with E-state index >= 15 is 0 Å². The SMILES string of the molecule is NC(CO)c1ccnc(N2CCOCC2)n1. The molecule has 0 aliphatic carbocycles. The number of aliphatic hydroxyl groups excluding tert-OH is 1. The molecule has 1 fully saturated rings. The second kappa shape index (κ2) is 5.20. The molecule has 2 rings (SSSR count). The third kappa shape index (κ3) is 2.46. The molecule has 1 atom stereocenters. The minimum absolute atomic E-state index is 0.112. The van der Waals surface area contributed by atoms with E-state index in [4.69, 9.17) is 15.6 Å². The van der Waals surface area contributed by atoms with Crippen LogP contribution in [0.15, 0.2) is 12.3 Å². The highest BCUT2D eigenvalue weighted by Gasteiger charge is 2.15. The zero-order valence-corrected chi connectivity index (χ0v) is 9.04. The Bertz CT molecular complexity index is 341. The van der Waals surface area contributed by atoms with Gasteiger partial charge in [0.15, 0.2) is 0 Å². The maximum absolute atomic E-state index is 8.97. The van der Waals surface area contributed by atoms with Crippen molar-refractivity contribution >= 4 is 5.95 Å². The molecule has 6 heteroatoms. The summed E-state index contributed by atoms with van der Waals surface area (Å²) in [5, 5.41) is 8.97. The first-order valence-corrected chi connectivity index (χ1v) is 5.33. The van der Waals surface area contributed by atoms with Gasteiger partial charge in [-0.05, 0) is 6.07 Å². The van der Waals surface area contributed by atoms with Crippen molar-refractivity contribution in [3.8, 4) is 0 Å². The number of hydrogen-bond acceptors (Lipinski definition) is 6. The molecule has 2 heterocycles. The maximum Gasteiger partial charge on any atom is 0.225 e. The van der Waals surface area contributed by atoms with Crippen LogP contribution in [0.5, 0.6) is 0 Å². The van der Waals surface area contributed by atoms with Crippen molar-refractivity contribution in [2.75, 3.05) is 37.8 Å². The van der Waals surface area contributed by atoms with Gasteiger partial charge in [0.25, 0.3) is 0 Å². The van der Waals surface area contributed by atoms with Crippen molar-refractivity contribution in [3.63, 3.8) is 0 Å². The predicted octanol–water partition coefficient (Wildman–Crippen LogP) is -0.695. The Balaban J connectivity index is 2.14. The van der Waals surface area contributed by atoms with Crippen molar-refractivity contribution in [1.29, 1.82) is 0 Å². The number of hydrogen-bond donors (Lipinski definition) is 2. The van der Waals surface area contributed by atoms with E-state index in [9.17, 15) is 0 Å². The number of rotatable bonds is 3. The highest BCUT2D eigenvalue weighted by Crippen LogP contribution is 2.12. The first-order valence-electron chi connectivity index (χ1n) is 5.33. The predicted molar refractivity (Wildman–Crippen MR) is 59.1 cm³/mol. The standard InChI is InChI=1S/C10H16N4O2/c11-8(7-15)9-1-2-12-10(13-9)14-3-5-16-6-4-14/h1-2,8,15H,3-7,11H2. The molecule has 1 aromatic heterocycles. The van der Waals surface area contributed by atoms with Gasteiger partial charge in [0.1, 0.15) is 0 Å². The third-order valence-electron chi connectivity index (χ3n) is 2.53. The third-order valence-corrected chi connectivity index (χ3v) is 2.53. The van der Waals surface area contributed by atoms with Gasteiger partial charge in [-0.2, -0.15) is 0 Å². The fourth-order valence-electron chi connectivity index (χ4n) is 1.58. The summed E-state index contributed by atoms with van der Waals surface area (Å²) in [5.74, 6) is 0.657. The monoisotopic (exact) mass is 224 g/mol. The number of aromatic nitrogens is 2. The fourth-order valence-corrected chi connectivity index (χ4v) is 1.58. The molecule has 1 unspecified atom stereocenters. The van der Waals surface area contributed by atoms with Crippen LogP contribution >= 0.6 is 0 Å². The first-order chi connectivity index (χ1) is 7.81. The first kappa shape index (κ1) is 11.3. The Labute approximate surface area is 94.1 Å². The Morgan fingerprint density at radius 2 is 2.25 bits per heavy atom. The molecule has 0 aromatic carbocycles. The molecule has 0 amide bonds. The summed E-state index contributed by atoms with van der Waals surface area (Å²) in [6.07, 6.45) is 1.67. The van der Waals surface area contributed by atoms with Gasteiger partial charge in [-0.1, -0.05) is 0 Å². The van der Waals surface area contributed by atoms with Crippen molar-refractivity contribution in [3.05, 3.63) is 18.0 Å². The summed E-state index contributed by atoms with van der Waals surface area (Å²) in [6, 6.07) is 1.29. The summed E-state index contributed by atoms with van der Waals surface area (Å²) in [4.78, 5) is 10.6. The molecule has 6 nitrogen and oxygen atoms in total. The lowest BCUT2D eigenvalue weighted by Gasteiger charge is -2.27. The maximum atomic E-state index is 8.97. The number of morpholine rings is 1. The van der Waals surface area contributed by atoms with Crippen molar-refractivity contribution in [2.45, 2.75) is 6.04 Å². The second-order valence-electron chi connectivity index (χ2n) is 3.67. The molecule has 0 spiro atoms. The van der Waals surface area contributed by atoms with Crippen molar-refractivity contribution in [1.82, 2.24) is 9.97 Å². The molecule has 1 aliphatic heterocycles. The molecule has 0 saturated carbocycles. The summed E-state index contributed by atoms with van der Waals surface area (Å²) in [5.41, 5.74) is 6.37. The zero-order valence-electron chi connectivity index (χ0n) is 9.04. The van der Waals surface area contributed by atoms with Gasteiger partial charge in [-0.15, -0.1) is 0 Å². The second-order valence-corrected chi connectivity index (χ2v) is 3.67. The van der Waals surface area contributed by atoms with E-state index in [1.807, 2.05) is 0 Å². The molecule has 0 bridgehead atoms. The van der Waals surface area contributed by atoms with E-state index in [0.29, 0.717) is 24.9 Å². The lowest BCUT2D eigenvalue weighted by molar-refractivity contribution is 0.122. The lowest BCUT2D eigenvalue weighted by atomic mass is 10.2. The van der Waals surface area contributed by atoms with Crippen molar-refractivity contribution in [2.24, 2.45) is 5.73 Å². The molecule has 16 heavy (non-hydrogen) atoms. The molecule has 0 radical (unpaired) electrons. The Morgan fingerprint density at radius 1 is 1.50 bits per heavy atom. The van der Waals surface area contributed by atoms with Crippen LogP contribution in [-0.4, -0.2) is 48.0 Å². The van der Waals surface area contributed by atoms with Gasteiger partial charge >= 0.3 is 0 Å². The number of aliphatic hydroxyl groups is 1. The smallest absolute Gasteiger partial charge is 0.225 e. The summed E-state index contributed by atoms with van der Waals surface area (Å²) in [6.45, 7) is 2.86. The van der Waals surface area contributed by atoms with Crippen LogP contribution in [0.4, 0.5) is 5.95 Å². The minimum atomic E-state index is -0.442. The van der Waals surface area contributed by atoms with E-state index in [1.54, 1.807) is 12.3 Å². The lowest BCUT2D eigenvalue weighted by Crippen LogP contribution is -2.37. The van der Waals surface area contributed by atoms with Crippen LogP contribution < -0.4 is 10.6 Å². The highest BCUT2D eigenvalue weighted by molar-refractivity contribution is 5.31. The van der Waals surface area contributed by atoms with E-state index in [2.05, 4.69) is 14.9 Å². The van der Waals surface area contributed by atoms with Gasteiger partial charge in [0, 0.05) is 19.3 Å². The van der Waals surface area contributed by atoms with Gasteiger partial charge in [0.2, 0.25) is 5.95 Å². The van der Waals surface area contributed by atoms with E-state index in [1.165, 1.54) is 0 Å². The zero-order chi connectivity index (χ0) is 11.4. The van der Waals surface area contributed by atoms with E-state index in [0.717, 1.165) is 13.1 Å². The van der Waals surface area contributed by atoms with E-state index in [-0.39, 0.29) is 6.61 Å². The Hall–Kier alpha value is -1.24. The highest BCUT2D eigenvalue weighted by atomic mass is 16.5. The van der Waals surface area contributed by atoms with Crippen LogP contribution in [0.3, 0.4) is 0 Å². The molecular formula is C10H16N4O2. The topological polar surface area (TPSA) is 84.5 Å². The number of ether oxygens (including phenoxy) is 1. The van der Waals surface area contributed by atoms with Crippen LogP contribution in [-0.2, 0) is 4.74 Å². The molecule has 3 N–H and O–H groups in total. The van der Waals surface area contributed by atoms with Gasteiger partial charge in [-0.25, -0.2) is 9.97 Å².